The van der Waals surface area contributed by atoms with Crippen molar-refractivity contribution in [3.05, 3.63) is 22.7 Å². The van der Waals surface area contributed by atoms with E-state index in [1.54, 1.807) is 6.92 Å². The number of hydrogen-bond donors (Lipinski definition) is 0. The first kappa shape index (κ1) is 12.6. The largest absolute Gasteiger partial charge is 0.496 e. The maximum absolute atomic E-state index is 11.6. The SMILES string of the molecule is CCOC(=O)c1cc(OC)c(Cl)cc1OC. The van der Waals surface area contributed by atoms with Crippen LogP contribution >= 0.6 is 11.6 Å². The molecule has 4 nitrogen and oxygen atoms in total. The molecule has 0 spiro atoms. The van der Waals surface area contributed by atoms with Crippen LogP contribution in [0.1, 0.15) is 17.3 Å². The highest BCUT2D eigenvalue weighted by atomic mass is 35.5. The molecule has 0 saturated carbocycles. The first-order valence-corrected chi connectivity index (χ1v) is 5.10. The molecule has 0 aliphatic carbocycles. The summed E-state index contributed by atoms with van der Waals surface area (Å²) in [5.41, 5.74) is 0.297. The van der Waals surface area contributed by atoms with Gasteiger partial charge in [0.1, 0.15) is 17.1 Å². The first-order chi connectivity index (χ1) is 7.63. The fourth-order valence-corrected chi connectivity index (χ4v) is 1.46. The molecule has 0 radical (unpaired) electrons. The summed E-state index contributed by atoms with van der Waals surface area (Å²) in [5.74, 6) is 0.309. The van der Waals surface area contributed by atoms with E-state index >= 15 is 0 Å². The van der Waals surface area contributed by atoms with Gasteiger partial charge < -0.3 is 14.2 Å². The van der Waals surface area contributed by atoms with Gasteiger partial charge in [0.2, 0.25) is 0 Å². The van der Waals surface area contributed by atoms with Crippen LogP contribution in [-0.2, 0) is 4.74 Å². The third kappa shape index (κ3) is 2.58. The molecule has 1 rings (SSSR count). The topological polar surface area (TPSA) is 44.8 Å². The van der Waals surface area contributed by atoms with Gasteiger partial charge in [0.25, 0.3) is 0 Å². The fraction of sp³-hybridized carbons (Fsp3) is 0.364. The summed E-state index contributed by atoms with van der Waals surface area (Å²) in [5, 5.41) is 0.382. The summed E-state index contributed by atoms with van der Waals surface area (Å²) >= 11 is 5.90. The molecule has 0 aliphatic rings. The highest BCUT2D eigenvalue weighted by Crippen LogP contribution is 2.32. The van der Waals surface area contributed by atoms with Crippen LogP contribution in [0.5, 0.6) is 11.5 Å². The highest BCUT2D eigenvalue weighted by molar-refractivity contribution is 6.32. The van der Waals surface area contributed by atoms with Gasteiger partial charge in [0.15, 0.2) is 0 Å². The number of carbonyl (C=O) groups is 1. The van der Waals surface area contributed by atoms with Gasteiger partial charge in [-0.1, -0.05) is 11.6 Å². The second-order valence-electron chi connectivity index (χ2n) is 2.91. The molecule has 16 heavy (non-hydrogen) atoms. The zero-order chi connectivity index (χ0) is 12.1. The van der Waals surface area contributed by atoms with Gasteiger partial charge in [-0.05, 0) is 13.0 Å². The van der Waals surface area contributed by atoms with Crippen LogP contribution in [0.25, 0.3) is 0 Å². The highest BCUT2D eigenvalue weighted by Gasteiger charge is 2.17. The molecule has 0 heterocycles. The van der Waals surface area contributed by atoms with E-state index in [0.717, 1.165) is 0 Å². The van der Waals surface area contributed by atoms with Crippen molar-refractivity contribution in [1.82, 2.24) is 0 Å². The van der Waals surface area contributed by atoms with Crippen molar-refractivity contribution in [2.24, 2.45) is 0 Å². The van der Waals surface area contributed by atoms with E-state index in [1.807, 2.05) is 0 Å². The van der Waals surface area contributed by atoms with Crippen molar-refractivity contribution in [2.75, 3.05) is 20.8 Å². The zero-order valence-electron chi connectivity index (χ0n) is 9.37. The van der Waals surface area contributed by atoms with Crippen molar-refractivity contribution in [1.29, 1.82) is 0 Å². The Bertz CT molecular complexity index is 390. The maximum Gasteiger partial charge on any atom is 0.342 e. The minimum atomic E-state index is -0.464. The number of rotatable bonds is 4. The maximum atomic E-state index is 11.6. The molecule has 0 N–H and O–H groups in total. The minimum Gasteiger partial charge on any atom is -0.496 e. The lowest BCUT2D eigenvalue weighted by Gasteiger charge is -2.10. The lowest BCUT2D eigenvalue weighted by atomic mass is 10.2. The molecule has 0 fully saturated rings. The van der Waals surface area contributed by atoms with Crippen molar-refractivity contribution < 1.29 is 19.0 Å². The van der Waals surface area contributed by atoms with Crippen LogP contribution in [0.4, 0.5) is 0 Å². The Balaban J connectivity index is 3.19. The number of benzene rings is 1. The zero-order valence-corrected chi connectivity index (χ0v) is 10.1. The van der Waals surface area contributed by atoms with Crippen LogP contribution in [-0.4, -0.2) is 26.8 Å². The van der Waals surface area contributed by atoms with E-state index in [1.165, 1.54) is 26.4 Å². The quantitative estimate of drug-likeness (QED) is 0.764. The smallest absolute Gasteiger partial charge is 0.342 e. The van der Waals surface area contributed by atoms with E-state index in [0.29, 0.717) is 28.7 Å². The Kier molecular flexibility index (Phi) is 4.43. The van der Waals surface area contributed by atoms with Gasteiger partial charge in [-0.3, -0.25) is 0 Å². The minimum absolute atomic E-state index is 0.297. The molecule has 0 aromatic heterocycles. The van der Waals surface area contributed by atoms with Crippen molar-refractivity contribution >= 4 is 17.6 Å². The van der Waals surface area contributed by atoms with Crippen molar-refractivity contribution in [2.45, 2.75) is 6.92 Å². The van der Waals surface area contributed by atoms with Gasteiger partial charge in [0, 0.05) is 6.07 Å². The first-order valence-electron chi connectivity index (χ1n) is 4.72. The van der Waals surface area contributed by atoms with Gasteiger partial charge in [0.05, 0.1) is 25.8 Å². The number of hydrogen-bond acceptors (Lipinski definition) is 4. The predicted octanol–water partition coefficient (Wildman–Crippen LogP) is 2.53. The molecule has 0 aliphatic heterocycles. The van der Waals surface area contributed by atoms with Crippen LogP contribution < -0.4 is 9.47 Å². The number of ether oxygens (including phenoxy) is 3. The van der Waals surface area contributed by atoms with Crippen molar-refractivity contribution in [3.8, 4) is 11.5 Å². The summed E-state index contributed by atoms with van der Waals surface area (Å²) in [6.07, 6.45) is 0. The van der Waals surface area contributed by atoms with Gasteiger partial charge in [-0.15, -0.1) is 0 Å². The normalized spacial score (nSPS) is 9.75. The Morgan fingerprint density at radius 3 is 2.38 bits per heavy atom. The van der Waals surface area contributed by atoms with E-state index in [4.69, 9.17) is 25.8 Å². The Morgan fingerprint density at radius 2 is 1.88 bits per heavy atom. The average Bonchev–Trinajstić information content (AvgIpc) is 2.28. The van der Waals surface area contributed by atoms with Crippen LogP contribution in [0.15, 0.2) is 12.1 Å². The van der Waals surface area contributed by atoms with Gasteiger partial charge in [-0.25, -0.2) is 4.79 Å². The average molecular weight is 245 g/mol. The molecule has 0 bridgehead atoms. The second kappa shape index (κ2) is 5.61. The standard InChI is InChI=1S/C11H13ClO4/c1-4-16-11(13)7-5-10(15-3)8(12)6-9(7)14-2/h5-6H,4H2,1-3H3. The number of methoxy groups -OCH3 is 2. The summed E-state index contributed by atoms with van der Waals surface area (Å²) in [6, 6.07) is 3.02. The Hall–Kier alpha value is -1.42. The lowest BCUT2D eigenvalue weighted by Crippen LogP contribution is -2.07. The third-order valence-electron chi connectivity index (χ3n) is 1.97. The van der Waals surface area contributed by atoms with Crippen molar-refractivity contribution in [3.63, 3.8) is 0 Å². The molecule has 5 heteroatoms. The predicted molar refractivity (Wildman–Crippen MR) is 60.5 cm³/mol. The number of halogens is 1. The Morgan fingerprint density at radius 1 is 1.25 bits per heavy atom. The summed E-state index contributed by atoms with van der Waals surface area (Å²) in [4.78, 5) is 11.6. The van der Waals surface area contributed by atoms with Gasteiger partial charge in [-0.2, -0.15) is 0 Å². The molecule has 88 valence electrons. The molecule has 0 saturated heterocycles. The molecular formula is C11H13ClO4. The molecule has 0 amide bonds. The van der Waals surface area contributed by atoms with E-state index in [2.05, 4.69) is 0 Å². The monoisotopic (exact) mass is 244 g/mol. The second-order valence-corrected chi connectivity index (χ2v) is 3.31. The third-order valence-corrected chi connectivity index (χ3v) is 2.26. The molecule has 1 aromatic rings. The summed E-state index contributed by atoms with van der Waals surface area (Å²) < 4.78 is 15.0. The van der Waals surface area contributed by atoms with E-state index < -0.39 is 5.97 Å². The lowest BCUT2D eigenvalue weighted by molar-refractivity contribution is 0.0522. The molecule has 0 unspecified atom stereocenters. The fourth-order valence-electron chi connectivity index (χ4n) is 1.23. The number of carbonyl (C=O) groups excluding carboxylic acids is 1. The summed E-state index contributed by atoms with van der Waals surface area (Å²) in [6.45, 7) is 2.03. The number of esters is 1. The Labute approximate surface area is 99.1 Å². The molecule has 1 aromatic carbocycles. The van der Waals surface area contributed by atoms with E-state index in [-0.39, 0.29) is 0 Å². The van der Waals surface area contributed by atoms with Gasteiger partial charge >= 0.3 is 5.97 Å². The van der Waals surface area contributed by atoms with Crippen LogP contribution in [0, 0.1) is 0 Å². The summed E-state index contributed by atoms with van der Waals surface area (Å²) in [7, 11) is 2.93. The molecule has 0 atom stereocenters. The van der Waals surface area contributed by atoms with E-state index in [9.17, 15) is 4.79 Å². The van der Waals surface area contributed by atoms with Crippen LogP contribution in [0.2, 0.25) is 5.02 Å². The van der Waals surface area contributed by atoms with Crippen LogP contribution in [0.3, 0.4) is 0 Å². The molecular weight excluding hydrogens is 232 g/mol.